The highest BCUT2D eigenvalue weighted by Gasteiger charge is 2.23. The van der Waals surface area contributed by atoms with Crippen LogP contribution in [0.4, 0.5) is 0 Å². The summed E-state index contributed by atoms with van der Waals surface area (Å²) in [6.07, 6.45) is 1.60. The highest BCUT2D eigenvalue weighted by atomic mass is 32.2. The van der Waals surface area contributed by atoms with E-state index in [0.717, 1.165) is 4.31 Å². The van der Waals surface area contributed by atoms with Crippen molar-refractivity contribution < 1.29 is 8.42 Å². The molecule has 0 saturated carbocycles. The van der Waals surface area contributed by atoms with Gasteiger partial charge in [0.15, 0.2) is 5.03 Å². The average molecular weight is 228 g/mol. The smallest absolute Gasteiger partial charge is 0.256 e. The minimum Gasteiger partial charge on any atom is -0.256 e. The molecule has 0 amide bonds. The normalized spacial score (nSPS) is 11.6. The predicted molar refractivity (Wildman–Crippen MR) is 53.3 cm³/mol. The van der Waals surface area contributed by atoms with Crippen LogP contribution in [0.2, 0.25) is 0 Å². The third-order valence-corrected chi connectivity index (χ3v) is 3.92. The van der Waals surface area contributed by atoms with Crippen LogP contribution in [0.5, 0.6) is 0 Å². The Morgan fingerprint density at radius 2 is 2.33 bits per heavy atom. The first-order valence-corrected chi connectivity index (χ1v) is 5.75. The lowest BCUT2D eigenvalue weighted by Gasteiger charge is -2.15. The summed E-state index contributed by atoms with van der Waals surface area (Å²) in [5.74, 6) is 0. The van der Waals surface area contributed by atoms with Gasteiger partial charge in [-0.2, -0.15) is 14.7 Å². The summed E-state index contributed by atoms with van der Waals surface area (Å²) >= 11 is 0. The second-order valence-corrected chi connectivity index (χ2v) is 5.02. The van der Waals surface area contributed by atoms with Gasteiger partial charge in [-0.1, -0.05) is 0 Å². The Kier molecular flexibility index (Phi) is 3.44. The zero-order chi connectivity index (χ0) is 11.5. The monoisotopic (exact) mass is 228 g/mol. The Balaban J connectivity index is 2.94. The largest absolute Gasteiger partial charge is 0.259 e. The van der Waals surface area contributed by atoms with Gasteiger partial charge >= 0.3 is 0 Å². The molecule has 0 aliphatic carbocycles. The van der Waals surface area contributed by atoms with E-state index in [1.165, 1.54) is 24.0 Å². The second kappa shape index (κ2) is 4.42. The summed E-state index contributed by atoms with van der Waals surface area (Å²) in [7, 11) is -0.511. The van der Waals surface area contributed by atoms with Gasteiger partial charge in [0.05, 0.1) is 12.3 Å². The molecule has 0 radical (unpaired) electrons. The van der Waals surface area contributed by atoms with Crippen LogP contribution in [0.1, 0.15) is 6.42 Å². The molecule has 0 fully saturated rings. The molecule has 1 rings (SSSR count). The first-order chi connectivity index (χ1) is 7.00. The van der Waals surface area contributed by atoms with E-state index in [2.05, 4.69) is 5.10 Å². The van der Waals surface area contributed by atoms with Crippen molar-refractivity contribution >= 4 is 10.0 Å². The Morgan fingerprint density at radius 3 is 2.80 bits per heavy atom. The number of rotatable bonds is 4. The molecule has 0 unspecified atom stereocenters. The van der Waals surface area contributed by atoms with Crippen LogP contribution >= 0.6 is 0 Å². The maximum Gasteiger partial charge on any atom is 0.259 e. The van der Waals surface area contributed by atoms with Crippen LogP contribution in [0, 0.1) is 11.3 Å². The molecule has 0 aliphatic rings. The van der Waals surface area contributed by atoms with E-state index < -0.39 is 10.0 Å². The van der Waals surface area contributed by atoms with E-state index in [-0.39, 0.29) is 18.0 Å². The Morgan fingerprint density at radius 1 is 1.67 bits per heavy atom. The van der Waals surface area contributed by atoms with E-state index in [1.54, 1.807) is 7.05 Å². The number of nitriles is 1. The number of nitrogens with zero attached hydrogens (tertiary/aromatic N) is 4. The topological polar surface area (TPSA) is 79.0 Å². The van der Waals surface area contributed by atoms with Crippen molar-refractivity contribution in [2.45, 2.75) is 11.4 Å². The van der Waals surface area contributed by atoms with Crippen LogP contribution in [0.15, 0.2) is 17.3 Å². The summed E-state index contributed by atoms with van der Waals surface area (Å²) in [6, 6.07) is 3.33. The van der Waals surface area contributed by atoms with Gasteiger partial charge in [0, 0.05) is 27.1 Å². The minimum atomic E-state index is -3.52. The molecule has 0 aliphatic heterocycles. The maximum atomic E-state index is 11.9. The fourth-order valence-corrected chi connectivity index (χ4v) is 2.37. The quantitative estimate of drug-likeness (QED) is 0.724. The van der Waals surface area contributed by atoms with Gasteiger partial charge < -0.3 is 0 Å². The second-order valence-electron chi connectivity index (χ2n) is 3.03. The molecule has 0 saturated heterocycles. The molecule has 1 aromatic heterocycles. The number of hydrogen-bond donors (Lipinski definition) is 0. The predicted octanol–water partition coefficient (Wildman–Crippen LogP) is -0.0457. The molecule has 82 valence electrons. The number of aryl methyl sites for hydroxylation is 1. The lowest BCUT2D eigenvalue weighted by Crippen LogP contribution is -2.29. The first kappa shape index (κ1) is 11.7. The van der Waals surface area contributed by atoms with Crippen LogP contribution < -0.4 is 0 Å². The maximum absolute atomic E-state index is 11.9. The van der Waals surface area contributed by atoms with Crippen molar-refractivity contribution in [3.63, 3.8) is 0 Å². The van der Waals surface area contributed by atoms with E-state index in [4.69, 9.17) is 5.26 Å². The van der Waals surface area contributed by atoms with Crippen molar-refractivity contribution in [1.29, 1.82) is 5.26 Å². The molecule has 7 heteroatoms. The van der Waals surface area contributed by atoms with Gasteiger partial charge in [0.25, 0.3) is 10.0 Å². The first-order valence-electron chi connectivity index (χ1n) is 4.31. The van der Waals surface area contributed by atoms with Crippen LogP contribution in [-0.2, 0) is 17.1 Å². The highest BCUT2D eigenvalue weighted by Crippen LogP contribution is 2.12. The minimum absolute atomic E-state index is 0.128. The van der Waals surface area contributed by atoms with Crippen molar-refractivity contribution in [3.8, 4) is 6.07 Å². The summed E-state index contributed by atoms with van der Waals surface area (Å²) in [4.78, 5) is 0. The molecule has 15 heavy (non-hydrogen) atoms. The van der Waals surface area contributed by atoms with Crippen molar-refractivity contribution in [2.75, 3.05) is 13.6 Å². The standard InChI is InChI=1S/C8H12N4O2S/c1-11(7-3-5-9)15(13,14)8-4-6-10-12(8)2/h4,6H,3,7H2,1-2H3. The molecule has 1 heterocycles. The third-order valence-electron chi connectivity index (χ3n) is 1.99. The van der Waals surface area contributed by atoms with E-state index >= 15 is 0 Å². The zero-order valence-corrected chi connectivity index (χ0v) is 9.40. The SMILES string of the molecule is CN(CCC#N)S(=O)(=O)c1ccnn1C. The van der Waals surface area contributed by atoms with Gasteiger partial charge in [0.1, 0.15) is 0 Å². The Hall–Kier alpha value is -1.39. The fourth-order valence-electron chi connectivity index (χ4n) is 1.10. The van der Waals surface area contributed by atoms with E-state index in [9.17, 15) is 8.42 Å². The molecule has 1 aromatic rings. The summed E-state index contributed by atoms with van der Waals surface area (Å²) in [5, 5.41) is 12.3. The number of aromatic nitrogens is 2. The molecule has 0 N–H and O–H groups in total. The molecule has 0 bridgehead atoms. The summed E-state index contributed by atoms with van der Waals surface area (Å²) < 4.78 is 26.2. The van der Waals surface area contributed by atoms with Crippen molar-refractivity contribution in [1.82, 2.24) is 14.1 Å². The average Bonchev–Trinajstić information content (AvgIpc) is 2.61. The Bertz CT molecular complexity index is 471. The lowest BCUT2D eigenvalue weighted by molar-refractivity contribution is 0.466. The molecular weight excluding hydrogens is 216 g/mol. The molecule has 0 aromatic carbocycles. The molecule has 0 spiro atoms. The fraction of sp³-hybridized carbons (Fsp3) is 0.500. The van der Waals surface area contributed by atoms with Crippen molar-refractivity contribution in [3.05, 3.63) is 12.3 Å². The van der Waals surface area contributed by atoms with E-state index in [1.807, 2.05) is 6.07 Å². The van der Waals surface area contributed by atoms with Gasteiger partial charge in [-0.15, -0.1) is 0 Å². The van der Waals surface area contributed by atoms with Crippen LogP contribution in [0.25, 0.3) is 0 Å². The van der Waals surface area contributed by atoms with Gasteiger partial charge in [-0.05, 0) is 6.07 Å². The molecule has 6 nitrogen and oxygen atoms in total. The lowest BCUT2D eigenvalue weighted by atomic mass is 10.5. The van der Waals surface area contributed by atoms with Crippen molar-refractivity contribution in [2.24, 2.45) is 7.05 Å². The van der Waals surface area contributed by atoms with Crippen LogP contribution in [0.3, 0.4) is 0 Å². The molecular formula is C8H12N4O2S. The van der Waals surface area contributed by atoms with Gasteiger partial charge in [-0.3, -0.25) is 4.68 Å². The highest BCUT2D eigenvalue weighted by molar-refractivity contribution is 7.89. The molecule has 0 atom stereocenters. The Labute approximate surface area is 88.8 Å². The van der Waals surface area contributed by atoms with E-state index in [0.29, 0.717) is 0 Å². The van der Waals surface area contributed by atoms with Crippen LogP contribution in [-0.4, -0.2) is 36.1 Å². The number of sulfonamides is 1. The zero-order valence-electron chi connectivity index (χ0n) is 8.58. The third kappa shape index (κ3) is 2.34. The number of hydrogen-bond acceptors (Lipinski definition) is 4. The van der Waals surface area contributed by atoms with Gasteiger partial charge in [-0.25, -0.2) is 8.42 Å². The van der Waals surface area contributed by atoms with Gasteiger partial charge in [0.2, 0.25) is 0 Å². The summed E-state index contributed by atoms with van der Waals surface area (Å²) in [6.45, 7) is 0.185. The summed E-state index contributed by atoms with van der Waals surface area (Å²) in [5.41, 5.74) is 0.